The van der Waals surface area contributed by atoms with E-state index in [-0.39, 0.29) is 43.3 Å². The Morgan fingerprint density at radius 2 is 1.64 bits per heavy atom. The van der Waals surface area contributed by atoms with Gasteiger partial charge in [0.05, 0.1) is 20.8 Å². The Morgan fingerprint density at radius 3 is 2.30 bits per heavy atom. The van der Waals surface area contributed by atoms with E-state index in [1.807, 2.05) is 19.1 Å². The Kier molecular flexibility index (Phi) is 8.10. The lowest BCUT2D eigenvalue weighted by Crippen LogP contribution is -2.08. The van der Waals surface area contributed by atoms with Crippen LogP contribution in [-0.2, 0) is 0 Å². The summed E-state index contributed by atoms with van der Waals surface area (Å²) >= 11 is 0. The van der Waals surface area contributed by atoms with Crippen LogP contribution in [0.1, 0.15) is 39.4 Å². The van der Waals surface area contributed by atoms with Gasteiger partial charge in [-0.15, -0.1) is 0 Å². The predicted octanol–water partition coefficient (Wildman–Crippen LogP) is 3.69. The van der Waals surface area contributed by atoms with Gasteiger partial charge in [-0.2, -0.15) is 0 Å². The van der Waals surface area contributed by atoms with E-state index in [2.05, 4.69) is 9.97 Å². The van der Waals surface area contributed by atoms with Crippen LogP contribution in [0, 0.1) is 6.92 Å². The van der Waals surface area contributed by atoms with Crippen molar-refractivity contribution in [3.8, 4) is 28.5 Å². The van der Waals surface area contributed by atoms with Crippen molar-refractivity contribution in [3.05, 3.63) is 65.6 Å². The standard InChI is InChI=1S/C25H26N2O6/c1-16-4-5-18(15-26-16)25-23(31-2)11-7-19(27-25)21(30)9-8-20(29)17-6-10-22(33-13-12-28)24(14-17)32-3/h4-7,10-11,14-15,28H,8-9,12-13H2,1-3H3. The Hall–Kier alpha value is -3.78. The number of carbonyl (C=O) groups is 2. The fourth-order valence-corrected chi connectivity index (χ4v) is 3.20. The highest BCUT2D eigenvalue weighted by molar-refractivity contribution is 6.02. The molecule has 0 aliphatic heterocycles. The van der Waals surface area contributed by atoms with Crippen molar-refractivity contribution in [2.75, 3.05) is 27.4 Å². The normalized spacial score (nSPS) is 10.5. The number of benzene rings is 1. The lowest BCUT2D eigenvalue weighted by Gasteiger charge is -2.11. The van der Waals surface area contributed by atoms with Crippen molar-refractivity contribution in [2.24, 2.45) is 0 Å². The molecule has 0 amide bonds. The number of Topliss-reactive ketones (excluding diaryl/α,β-unsaturated/α-hetero) is 2. The van der Waals surface area contributed by atoms with E-state index < -0.39 is 0 Å². The Bertz CT molecular complexity index is 1130. The summed E-state index contributed by atoms with van der Waals surface area (Å²) in [7, 11) is 3.01. The highest BCUT2D eigenvalue weighted by Gasteiger charge is 2.17. The Labute approximate surface area is 192 Å². The first-order valence-corrected chi connectivity index (χ1v) is 10.4. The number of hydrogen-bond acceptors (Lipinski definition) is 8. The molecular formula is C25H26N2O6. The van der Waals surface area contributed by atoms with Crippen molar-refractivity contribution >= 4 is 11.6 Å². The number of aliphatic hydroxyl groups excluding tert-OH is 1. The van der Waals surface area contributed by atoms with Crippen molar-refractivity contribution in [1.82, 2.24) is 9.97 Å². The number of carbonyl (C=O) groups excluding carboxylic acids is 2. The molecule has 0 bridgehead atoms. The molecule has 0 unspecified atom stereocenters. The van der Waals surface area contributed by atoms with Gasteiger partial charge in [0.25, 0.3) is 0 Å². The summed E-state index contributed by atoms with van der Waals surface area (Å²) in [6, 6.07) is 11.8. The molecule has 0 fully saturated rings. The third kappa shape index (κ3) is 5.93. The van der Waals surface area contributed by atoms with Crippen molar-refractivity contribution in [2.45, 2.75) is 19.8 Å². The SMILES string of the molecule is COc1cc(C(=O)CCC(=O)c2ccc(OC)c(-c3ccc(C)nc3)n2)ccc1OCCO. The van der Waals surface area contributed by atoms with Gasteiger partial charge in [0.15, 0.2) is 23.1 Å². The quantitative estimate of drug-likeness (QED) is 0.441. The Morgan fingerprint density at radius 1 is 0.909 bits per heavy atom. The second-order valence-corrected chi connectivity index (χ2v) is 7.22. The number of aliphatic hydroxyl groups is 1. The molecule has 1 aromatic carbocycles. The minimum atomic E-state index is -0.248. The van der Waals surface area contributed by atoms with Crippen LogP contribution >= 0.6 is 0 Å². The van der Waals surface area contributed by atoms with Crippen LogP contribution in [0.25, 0.3) is 11.3 Å². The zero-order valence-corrected chi connectivity index (χ0v) is 18.8. The van der Waals surface area contributed by atoms with Gasteiger partial charge in [0.2, 0.25) is 0 Å². The van der Waals surface area contributed by atoms with Crippen molar-refractivity contribution in [3.63, 3.8) is 0 Å². The summed E-state index contributed by atoms with van der Waals surface area (Å²) in [6.45, 7) is 1.87. The number of rotatable bonds is 11. The lowest BCUT2D eigenvalue weighted by molar-refractivity contribution is 0.0914. The fraction of sp³-hybridized carbons (Fsp3) is 0.280. The zero-order valence-electron chi connectivity index (χ0n) is 18.8. The van der Waals surface area contributed by atoms with Gasteiger partial charge in [-0.25, -0.2) is 4.98 Å². The van der Waals surface area contributed by atoms with Crippen LogP contribution in [-0.4, -0.2) is 54.1 Å². The monoisotopic (exact) mass is 450 g/mol. The van der Waals surface area contributed by atoms with E-state index in [1.54, 1.807) is 36.5 Å². The van der Waals surface area contributed by atoms with Gasteiger partial charge in [-0.05, 0) is 49.4 Å². The maximum Gasteiger partial charge on any atom is 0.181 e. The summed E-state index contributed by atoms with van der Waals surface area (Å²) in [4.78, 5) is 34.2. The third-order valence-corrected chi connectivity index (χ3v) is 4.96. The van der Waals surface area contributed by atoms with Crippen molar-refractivity contribution in [1.29, 1.82) is 0 Å². The van der Waals surface area contributed by atoms with Gasteiger partial charge >= 0.3 is 0 Å². The van der Waals surface area contributed by atoms with Gasteiger partial charge in [0, 0.05) is 35.9 Å². The van der Waals surface area contributed by atoms with E-state index >= 15 is 0 Å². The molecular weight excluding hydrogens is 424 g/mol. The highest BCUT2D eigenvalue weighted by Crippen LogP contribution is 2.30. The second kappa shape index (κ2) is 11.2. The third-order valence-electron chi connectivity index (χ3n) is 4.96. The van der Waals surface area contributed by atoms with Crippen LogP contribution in [0.5, 0.6) is 17.2 Å². The molecule has 8 heteroatoms. The minimum Gasteiger partial charge on any atom is -0.494 e. The van der Waals surface area contributed by atoms with E-state index in [0.717, 1.165) is 11.3 Å². The fourth-order valence-electron chi connectivity index (χ4n) is 3.20. The zero-order chi connectivity index (χ0) is 23.8. The lowest BCUT2D eigenvalue weighted by atomic mass is 10.0. The number of nitrogens with zero attached hydrogens (tertiary/aromatic N) is 2. The number of pyridine rings is 2. The van der Waals surface area contributed by atoms with Gasteiger partial charge in [0.1, 0.15) is 23.7 Å². The van der Waals surface area contributed by atoms with Crippen LogP contribution in [0.4, 0.5) is 0 Å². The topological polar surface area (TPSA) is 108 Å². The van der Waals surface area contributed by atoms with E-state index in [0.29, 0.717) is 28.5 Å². The molecule has 0 spiro atoms. The maximum atomic E-state index is 12.8. The molecule has 0 radical (unpaired) electrons. The minimum absolute atomic E-state index is 0.00876. The first-order chi connectivity index (χ1) is 16.0. The second-order valence-electron chi connectivity index (χ2n) is 7.22. The van der Waals surface area contributed by atoms with Crippen molar-refractivity contribution < 1.29 is 28.9 Å². The molecule has 172 valence electrons. The number of ether oxygens (including phenoxy) is 3. The van der Waals surface area contributed by atoms with Gasteiger partial charge in [-0.3, -0.25) is 14.6 Å². The summed E-state index contributed by atoms with van der Waals surface area (Å²) in [5.74, 6) is 0.895. The molecule has 0 aliphatic rings. The summed E-state index contributed by atoms with van der Waals surface area (Å²) in [5, 5.41) is 8.90. The van der Waals surface area contributed by atoms with Gasteiger partial charge in [-0.1, -0.05) is 0 Å². The molecule has 8 nitrogen and oxygen atoms in total. The number of ketones is 2. The summed E-state index contributed by atoms with van der Waals surface area (Å²) in [5.41, 5.74) is 2.78. The van der Waals surface area contributed by atoms with Gasteiger partial charge < -0.3 is 19.3 Å². The molecule has 0 saturated carbocycles. The van der Waals surface area contributed by atoms with Crippen LogP contribution in [0.15, 0.2) is 48.7 Å². The van der Waals surface area contributed by atoms with Crippen LogP contribution < -0.4 is 14.2 Å². The summed E-state index contributed by atoms with van der Waals surface area (Å²) < 4.78 is 16.0. The number of aromatic nitrogens is 2. The predicted molar refractivity (Wildman–Crippen MR) is 122 cm³/mol. The molecule has 3 rings (SSSR count). The number of aryl methyl sites for hydroxylation is 1. The van der Waals surface area contributed by atoms with Crippen LogP contribution in [0.3, 0.4) is 0 Å². The molecule has 33 heavy (non-hydrogen) atoms. The average Bonchev–Trinajstić information content (AvgIpc) is 2.85. The molecule has 0 saturated heterocycles. The molecule has 0 atom stereocenters. The maximum absolute atomic E-state index is 12.8. The molecule has 0 aliphatic carbocycles. The van der Waals surface area contributed by atoms with E-state index in [1.165, 1.54) is 14.2 Å². The molecule has 2 heterocycles. The molecule has 3 aromatic rings. The number of hydrogen-bond donors (Lipinski definition) is 1. The van der Waals surface area contributed by atoms with Crippen LogP contribution in [0.2, 0.25) is 0 Å². The average molecular weight is 450 g/mol. The largest absolute Gasteiger partial charge is 0.494 e. The van der Waals surface area contributed by atoms with E-state index in [9.17, 15) is 9.59 Å². The number of methoxy groups -OCH3 is 2. The molecule has 1 N–H and O–H groups in total. The Balaban J connectivity index is 1.72. The first-order valence-electron chi connectivity index (χ1n) is 10.4. The highest BCUT2D eigenvalue weighted by atomic mass is 16.5. The summed E-state index contributed by atoms with van der Waals surface area (Å²) in [6.07, 6.45) is 1.71. The first kappa shape index (κ1) is 23.9. The van der Waals surface area contributed by atoms with E-state index in [4.69, 9.17) is 19.3 Å². The smallest absolute Gasteiger partial charge is 0.181 e. The molecule has 2 aromatic heterocycles.